The molecule has 4 heterocycles. The standard InChI is InChI=1S/C24H22FN5O3S/c25-17-4-1-15(2-5-17)21-22(16-3-6-19-20(11-16)33-14-32-19)30(23(21)34)18-7-9-28(10-8-18)24(31)29-13-26-12-27-29/h1-6,11-13,18,21-22H,7-10,14H2/t21-,22-/m1/s1. The van der Waals surface area contributed by atoms with Crippen molar-refractivity contribution in [3.63, 3.8) is 0 Å². The summed E-state index contributed by atoms with van der Waals surface area (Å²) < 4.78 is 26.0. The molecule has 34 heavy (non-hydrogen) atoms. The molecule has 1 amide bonds. The number of hydrogen-bond donors (Lipinski definition) is 0. The van der Waals surface area contributed by atoms with Crippen LogP contribution in [0.2, 0.25) is 0 Å². The molecular formula is C24H22FN5O3S. The first-order valence-electron chi connectivity index (χ1n) is 11.2. The fourth-order valence-corrected chi connectivity index (χ4v) is 5.68. The van der Waals surface area contributed by atoms with Crippen LogP contribution in [-0.4, -0.2) is 61.5 Å². The van der Waals surface area contributed by atoms with Crippen LogP contribution in [0.3, 0.4) is 0 Å². The Bertz CT molecular complexity index is 1230. The van der Waals surface area contributed by atoms with Crippen molar-refractivity contribution in [2.75, 3.05) is 19.9 Å². The molecule has 0 aliphatic carbocycles. The summed E-state index contributed by atoms with van der Waals surface area (Å²) in [4.78, 5) is 21.4. The van der Waals surface area contributed by atoms with Gasteiger partial charge >= 0.3 is 6.03 Å². The number of fused-ring (bicyclic) bond motifs is 1. The number of benzene rings is 2. The van der Waals surface area contributed by atoms with Crippen molar-refractivity contribution in [1.82, 2.24) is 24.6 Å². The number of thiocarbonyl (C=S) groups is 1. The molecule has 3 aromatic rings. The van der Waals surface area contributed by atoms with E-state index < -0.39 is 0 Å². The number of nitrogens with zero attached hydrogens (tertiary/aromatic N) is 5. The molecule has 2 fully saturated rings. The Morgan fingerprint density at radius 3 is 2.50 bits per heavy atom. The number of ether oxygens (including phenoxy) is 2. The monoisotopic (exact) mass is 479 g/mol. The van der Waals surface area contributed by atoms with Crippen LogP contribution >= 0.6 is 12.2 Å². The summed E-state index contributed by atoms with van der Waals surface area (Å²) in [5, 5.41) is 3.95. The molecule has 0 bridgehead atoms. The molecule has 3 aliphatic heterocycles. The van der Waals surface area contributed by atoms with Crippen LogP contribution < -0.4 is 9.47 Å². The average molecular weight is 480 g/mol. The molecule has 8 nitrogen and oxygen atoms in total. The lowest BCUT2D eigenvalue weighted by Gasteiger charge is -2.55. The Morgan fingerprint density at radius 1 is 1.03 bits per heavy atom. The van der Waals surface area contributed by atoms with Gasteiger partial charge in [0.25, 0.3) is 0 Å². The van der Waals surface area contributed by atoms with Gasteiger partial charge in [0, 0.05) is 19.1 Å². The number of halogens is 1. The van der Waals surface area contributed by atoms with E-state index in [1.807, 2.05) is 30.3 Å². The minimum Gasteiger partial charge on any atom is -0.454 e. The Balaban J connectivity index is 1.26. The lowest BCUT2D eigenvalue weighted by molar-refractivity contribution is 0.104. The van der Waals surface area contributed by atoms with Crippen molar-refractivity contribution in [2.45, 2.75) is 30.8 Å². The van der Waals surface area contributed by atoms with Crippen LogP contribution in [-0.2, 0) is 0 Å². The minimum absolute atomic E-state index is 0.00460. The number of hydrogen-bond acceptors (Lipinski definition) is 6. The molecule has 2 saturated heterocycles. The van der Waals surface area contributed by atoms with Crippen molar-refractivity contribution >= 4 is 23.2 Å². The predicted octanol–water partition coefficient (Wildman–Crippen LogP) is 3.75. The Hall–Kier alpha value is -3.53. The van der Waals surface area contributed by atoms with Gasteiger partial charge in [-0.05, 0) is 48.2 Å². The van der Waals surface area contributed by atoms with E-state index in [0.29, 0.717) is 13.1 Å². The van der Waals surface area contributed by atoms with Crippen LogP contribution in [0, 0.1) is 5.82 Å². The zero-order valence-electron chi connectivity index (χ0n) is 18.2. The quantitative estimate of drug-likeness (QED) is 0.530. The van der Waals surface area contributed by atoms with Gasteiger partial charge in [-0.25, -0.2) is 14.2 Å². The van der Waals surface area contributed by atoms with Crippen LogP contribution in [0.25, 0.3) is 0 Å². The minimum atomic E-state index is -0.269. The second kappa shape index (κ2) is 8.35. The molecule has 6 rings (SSSR count). The summed E-state index contributed by atoms with van der Waals surface area (Å²) in [5.41, 5.74) is 2.07. The van der Waals surface area contributed by atoms with Crippen LogP contribution in [0.1, 0.15) is 35.9 Å². The van der Waals surface area contributed by atoms with Gasteiger partial charge in [0.15, 0.2) is 11.5 Å². The van der Waals surface area contributed by atoms with E-state index in [1.54, 1.807) is 4.90 Å². The first kappa shape index (κ1) is 21.0. The third-order valence-electron chi connectivity index (χ3n) is 6.85. The number of amides is 1. The van der Waals surface area contributed by atoms with Gasteiger partial charge in [0.05, 0.1) is 16.9 Å². The zero-order valence-corrected chi connectivity index (χ0v) is 19.0. The smallest absolute Gasteiger partial charge is 0.346 e. The van der Waals surface area contributed by atoms with E-state index in [2.05, 4.69) is 15.0 Å². The zero-order chi connectivity index (χ0) is 23.2. The molecule has 10 heteroatoms. The van der Waals surface area contributed by atoms with Gasteiger partial charge in [-0.15, -0.1) is 0 Å². The van der Waals surface area contributed by atoms with Crippen molar-refractivity contribution in [3.8, 4) is 11.5 Å². The van der Waals surface area contributed by atoms with Crippen molar-refractivity contribution in [3.05, 3.63) is 72.1 Å². The Labute approximate surface area is 200 Å². The summed E-state index contributed by atoms with van der Waals surface area (Å²) >= 11 is 5.92. The highest BCUT2D eigenvalue weighted by molar-refractivity contribution is 7.80. The first-order chi connectivity index (χ1) is 16.6. The number of carbonyl (C=O) groups excluding carboxylic acids is 1. The summed E-state index contributed by atoms with van der Waals surface area (Å²) in [5.74, 6) is 1.15. The number of likely N-dealkylation sites (tertiary alicyclic amines) is 2. The lowest BCUT2D eigenvalue weighted by atomic mass is 9.76. The van der Waals surface area contributed by atoms with E-state index in [0.717, 1.165) is 40.5 Å². The van der Waals surface area contributed by atoms with Gasteiger partial charge in [0.1, 0.15) is 18.5 Å². The molecule has 0 unspecified atom stereocenters. The second-order valence-corrected chi connectivity index (χ2v) is 9.09. The van der Waals surface area contributed by atoms with Gasteiger partial charge in [-0.3, -0.25) is 0 Å². The second-order valence-electron chi connectivity index (χ2n) is 8.67. The Kier molecular flexibility index (Phi) is 5.17. The molecule has 0 saturated carbocycles. The number of aromatic nitrogens is 3. The topological polar surface area (TPSA) is 72.7 Å². The molecule has 0 N–H and O–H groups in total. The maximum Gasteiger partial charge on any atom is 0.346 e. The third-order valence-corrected chi connectivity index (χ3v) is 7.31. The van der Waals surface area contributed by atoms with Gasteiger partial charge in [-0.1, -0.05) is 30.4 Å². The molecule has 2 atom stereocenters. The fraction of sp³-hybridized carbons (Fsp3) is 0.333. The van der Waals surface area contributed by atoms with E-state index in [4.69, 9.17) is 21.7 Å². The molecule has 0 spiro atoms. The van der Waals surface area contributed by atoms with Gasteiger partial charge in [0.2, 0.25) is 6.79 Å². The molecule has 2 aromatic carbocycles. The highest BCUT2D eigenvalue weighted by atomic mass is 32.1. The largest absolute Gasteiger partial charge is 0.454 e. The van der Waals surface area contributed by atoms with E-state index in [9.17, 15) is 9.18 Å². The van der Waals surface area contributed by atoms with Crippen LogP contribution in [0.5, 0.6) is 11.5 Å². The number of rotatable bonds is 3. The Morgan fingerprint density at radius 2 is 1.76 bits per heavy atom. The van der Waals surface area contributed by atoms with E-state index >= 15 is 0 Å². The van der Waals surface area contributed by atoms with Gasteiger partial charge in [-0.2, -0.15) is 9.78 Å². The maximum absolute atomic E-state index is 13.6. The highest BCUT2D eigenvalue weighted by Gasteiger charge is 2.49. The van der Waals surface area contributed by atoms with E-state index in [-0.39, 0.29) is 36.6 Å². The normalized spacial score (nSPS) is 22.1. The molecule has 0 radical (unpaired) electrons. The highest BCUT2D eigenvalue weighted by Crippen LogP contribution is 2.51. The molecule has 3 aliphatic rings. The van der Waals surface area contributed by atoms with Crippen LogP contribution in [0.4, 0.5) is 9.18 Å². The average Bonchev–Trinajstić information content (AvgIpc) is 3.56. The third kappa shape index (κ3) is 3.49. The summed E-state index contributed by atoms with van der Waals surface area (Å²) in [7, 11) is 0. The SMILES string of the molecule is O=C(N1CCC(N2C(=S)[C@H](c3ccc(F)cc3)[C@H]2c2ccc3c(c2)OCO3)CC1)n1cncn1. The van der Waals surface area contributed by atoms with Gasteiger partial charge < -0.3 is 19.3 Å². The molecule has 174 valence electrons. The van der Waals surface area contributed by atoms with Crippen LogP contribution in [0.15, 0.2) is 55.1 Å². The summed E-state index contributed by atoms with van der Waals surface area (Å²) in [6.45, 7) is 1.43. The summed E-state index contributed by atoms with van der Waals surface area (Å²) in [6.07, 6.45) is 4.35. The summed E-state index contributed by atoms with van der Waals surface area (Å²) in [6, 6.07) is 12.6. The predicted molar refractivity (Wildman–Crippen MR) is 124 cm³/mol. The first-order valence-corrected chi connectivity index (χ1v) is 11.6. The van der Waals surface area contributed by atoms with E-state index in [1.165, 1.54) is 29.5 Å². The molecular weight excluding hydrogens is 457 g/mol. The number of carbonyl (C=O) groups is 1. The molecule has 1 aromatic heterocycles. The van der Waals surface area contributed by atoms with Crippen molar-refractivity contribution in [1.29, 1.82) is 0 Å². The lowest BCUT2D eigenvalue weighted by Crippen LogP contribution is -2.59. The number of piperidine rings is 1. The maximum atomic E-state index is 13.6. The van der Waals surface area contributed by atoms with Crippen molar-refractivity contribution < 1.29 is 18.7 Å². The van der Waals surface area contributed by atoms with Crippen molar-refractivity contribution in [2.24, 2.45) is 0 Å². The fourth-order valence-electron chi connectivity index (χ4n) is 5.15.